The van der Waals surface area contributed by atoms with E-state index in [0.29, 0.717) is 11.3 Å². The Labute approximate surface area is 116 Å². The van der Waals surface area contributed by atoms with Crippen molar-refractivity contribution in [3.8, 4) is 5.69 Å². The van der Waals surface area contributed by atoms with Gasteiger partial charge in [0.05, 0.1) is 5.69 Å². The first-order valence-electron chi connectivity index (χ1n) is 6.14. The molecule has 0 spiro atoms. The largest absolute Gasteiger partial charge is 0.478 e. The summed E-state index contributed by atoms with van der Waals surface area (Å²) in [6.45, 7) is 5.70. The third kappa shape index (κ3) is 2.61. The Balaban J connectivity index is 2.44. The number of benzene rings is 1. The Morgan fingerprint density at radius 3 is 2.55 bits per heavy atom. The molecule has 0 amide bonds. The van der Waals surface area contributed by atoms with Crippen LogP contribution in [0.25, 0.3) is 11.8 Å². The second-order valence-corrected chi connectivity index (χ2v) is 4.59. The highest BCUT2D eigenvalue weighted by atomic mass is 19.1. The molecule has 5 heteroatoms. The van der Waals surface area contributed by atoms with E-state index in [2.05, 4.69) is 5.10 Å². The van der Waals surface area contributed by atoms with Crippen molar-refractivity contribution in [2.24, 2.45) is 0 Å². The number of aliphatic carboxylic acids is 1. The lowest BCUT2D eigenvalue weighted by Crippen LogP contribution is -2.02. The summed E-state index contributed by atoms with van der Waals surface area (Å²) in [6.07, 6.45) is 2.32. The third-order valence-corrected chi connectivity index (χ3v) is 3.27. The van der Waals surface area contributed by atoms with Crippen LogP contribution < -0.4 is 0 Å². The van der Waals surface area contributed by atoms with Crippen molar-refractivity contribution in [1.29, 1.82) is 0 Å². The van der Waals surface area contributed by atoms with Crippen molar-refractivity contribution in [1.82, 2.24) is 9.78 Å². The second kappa shape index (κ2) is 5.28. The molecule has 0 unspecified atom stereocenters. The number of carboxylic acid groups (broad SMARTS) is 1. The Hall–Kier alpha value is -2.43. The SMILES string of the molecule is Cc1nn(-c2ccc(C=CC(=O)O)cc2F)c(C)c1C. The summed E-state index contributed by atoms with van der Waals surface area (Å²) in [5, 5.41) is 12.9. The quantitative estimate of drug-likeness (QED) is 0.875. The van der Waals surface area contributed by atoms with Crippen molar-refractivity contribution in [3.63, 3.8) is 0 Å². The molecule has 0 saturated carbocycles. The summed E-state index contributed by atoms with van der Waals surface area (Å²) in [5.41, 5.74) is 3.62. The lowest BCUT2D eigenvalue weighted by Gasteiger charge is -2.07. The van der Waals surface area contributed by atoms with Gasteiger partial charge >= 0.3 is 5.97 Å². The highest BCUT2D eigenvalue weighted by molar-refractivity contribution is 5.85. The van der Waals surface area contributed by atoms with Crippen LogP contribution in [0.3, 0.4) is 0 Å². The number of aromatic nitrogens is 2. The number of carboxylic acids is 1. The van der Waals surface area contributed by atoms with Gasteiger partial charge in [0.25, 0.3) is 0 Å². The van der Waals surface area contributed by atoms with E-state index in [1.165, 1.54) is 12.1 Å². The highest BCUT2D eigenvalue weighted by Crippen LogP contribution is 2.20. The van der Waals surface area contributed by atoms with E-state index in [1.807, 2.05) is 20.8 Å². The van der Waals surface area contributed by atoms with Crippen molar-refractivity contribution >= 4 is 12.0 Å². The highest BCUT2D eigenvalue weighted by Gasteiger charge is 2.12. The summed E-state index contributed by atoms with van der Waals surface area (Å²) >= 11 is 0. The van der Waals surface area contributed by atoms with Crippen LogP contribution in [0.15, 0.2) is 24.3 Å². The van der Waals surface area contributed by atoms with Gasteiger partial charge in [-0.1, -0.05) is 6.07 Å². The number of rotatable bonds is 3. The van der Waals surface area contributed by atoms with Crippen LogP contribution >= 0.6 is 0 Å². The van der Waals surface area contributed by atoms with Gasteiger partial charge in [0.2, 0.25) is 0 Å². The lowest BCUT2D eigenvalue weighted by atomic mass is 10.1. The van der Waals surface area contributed by atoms with Crippen molar-refractivity contribution in [2.45, 2.75) is 20.8 Å². The van der Waals surface area contributed by atoms with Gasteiger partial charge in [0.15, 0.2) is 0 Å². The third-order valence-electron chi connectivity index (χ3n) is 3.27. The number of halogens is 1. The number of carbonyl (C=O) groups is 1. The predicted molar refractivity (Wildman–Crippen MR) is 74.4 cm³/mol. The zero-order valence-electron chi connectivity index (χ0n) is 11.5. The van der Waals surface area contributed by atoms with Crippen molar-refractivity contribution < 1.29 is 14.3 Å². The second-order valence-electron chi connectivity index (χ2n) is 4.59. The minimum absolute atomic E-state index is 0.353. The maximum absolute atomic E-state index is 14.1. The van der Waals surface area contributed by atoms with E-state index in [4.69, 9.17) is 5.11 Å². The Morgan fingerprint density at radius 1 is 1.35 bits per heavy atom. The minimum atomic E-state index is -1.07. The number of hydrogen-bond donors (Lipinski definition) is 1. The van der Waals surface area contributed by atoms with Crippen LogP contribution in [0.2, 0.25) is 0 Å². The van der Waals surface area contributed by atoms with Gasteiger partial charge in [-0.15, -0.1) is 0 Å². The van der Waals surface area contributed by atoms with E-state index >= 15 is 0 Å². The van der Waals surface area contributed by atoms with Gasteiger partial charge in [0, 0.05) is 11.8 Å². The average Bonchev–Trinajstić information content (AvgIpc) is 2.64. The normalized spacial score (nSPS) is 11.2. The number of nitrogens with zero attached hydrogens (tertiary/aromatic N) is 2. The first-order valence-corrected chi connectivity index (χ1v) is 6.14. The van der Waals surface area contributed by atoms with Gasteiger partial charge in [-0.3, -0.25) is 0 Å². The molecule has 0 aliphatic rings. The fourth-order valence-corrected chi connectivity index (χ4v) is 1.92. The van der Waals surface area contributed by atoms with Crippen LogP contribution in [0.1, 0.15) is 22.5 Å². The first kappa shape index (κ1) is 14.0. The molecule has 1 aromatic heterocycles. The van der Waals surface area contributed by atoms with Gasteiger partial charge in [-0.2, -0.15) is 5.10 Å². The van der Waals surface area contributed by atoms with Gasteiger partial charge in [-0.25, -0.2) is 13.9 Å². The minimum Gasteiger partial charge on any atom is -0.478 e. The fourth-order valence-electron chi connectivity index (χ4n) is 1.92. The molecule has 1 heterocycles. The van der Waals surface area contributed by atoms with E-state index < -0.39 is 11.8 Å². The first-order chi connectivity index (χ1) is 9.40. The Bertz CT molecular complexity index is 702. The maximum atomic E-state index is 14.1. The maximum Gasteiger partial charge on any atom is 0.328 e. The van der Waals surface area contributed by atoms with E-state index in [9.17, 15) is 9.18 Å². The van der Waals surface area contributed by atoms with Crippen LogP contribution in [-0.2, 0) is 4.79 Å². The molecular formula is C15H15FN2O2. The predicted octanol–water partition coefficient (Wildman–Crippen LogP) is 3.03. The topological polar surface area (TPSA) is 55.1 Å². The van der Waals surface area contributed by atoms with Crippen LogP contribution in [-0.4, -0.2) is 20.9 Å². The molecule has 4 nitrogen and oxygen atoms in total. The molecule has 0 aliphatic heterocycles. The standard InChI is InChI=1S/C15H15FN2O2/c1-9-10(2)17-18(11(9)3)14-6-4-12(8-13(14)16)5-7-15(19)20/h4-8H,1-3H3,(H,19,20). The van der Waals surface area contributed by atoms with Crippen LogP contribution in [0, 0.1) is 26.6 Å². The molecule has 0 radical (unpaired) electrons. The zero-order valence-corrected chi connectivity index (χ0v) is 11.5. The summed E-state index contributed by atoms with van der Waals surface area (Å²) in [4.78, 5) is 10.4. The molecule has 0 atom stereocenters. The average molecular weight is 274 g/mol. The summed E-state index contributed by atoms with van der Waals surface area (Å²) < 4.78 is 15.7. The molecule has 104 valence electrons. The van der Waals surface area contributed by atoms with E-state index in [-0.39, 0.29) is 0 Å². The van der Waals surface area contributed by atoms with Crippen LogP contribution in [0.4, 0.5) is 4.39 Å². The molecule has 2 rings (SSSR count). The molecule has 1 N–H and O–H groups in total. The summed E-state index contributed by atoms with van der Waals surface area (Å²) in [6, 6.07) is 4.54. The van der Waals surface area contributed by atoms with Gasteiger partial charge in [-0.05, 0) is 50.1 Å². The molecule has 1 aromatic carbocycles. The van der Waals surface area contributed by atoms with Crippen molar-refractivity contribution in [2.75, 3.05) is 0 Å². The molecule has 0 saturated heterocycles. The summed E-state index contributed by atoms with van der Waals surface area (Å²) in [5.74, 6) is -1.51. The fraction of sp³-hybridized carbons (Fsp3) is 0.200. The Morgan fingerprint density at radius 2 is 2.05 bits per heavy atom. The molecule has 0 fully saturated rings. The molecule has 20 heavy (non-hydrogen) atoms. The van der Waals surface area contributed by atoms with Gasteiger partial charge < -0.3 is 5.11 Å². The van der Waals surface area contributed by atoms with Crippen molar-refractivity contribution in [3.05, 3.63) is 52.6 Å². The lowest BCUT2D eigenvalue weighted by molar-refractivity contribution is -0.131. The summed E-state index contributed by atoms with van der Waals surface area (Å²) in [7, 11) is 0. The zero-order chi connectivity index (χ0) is 14.9. The molecule has 0 bridgehead atoms. The van der Waals surface area contributed by atoms with Crippen LogP contribution in [0.5, 0.6) is 0 Å². The van der Waals surface area contributed by atoms with Gasteiger partial charge in [0.1, 0.15) is 11.5 Å². The monoisotopic (exact) mass is 274 g/mol. The Kier molecular flexibility index (Phi) is 3.70. The molecular weight excluding hydrogens is 259 g/mol. The van der Waals surface area contributed by atoms with E-state index in [0.717, 1.165) is 23.0 Å². The molecule has 2 aromatic rings. The van der Waals surface area contributed by atoms with E-state index in [1.54, 1.807) is 16.8 Å². The molecule has 0 aliphatic carbocycles. The number of aryl methyl sites for hydroxylation is 1. The smallest absolute Gasteiger partial charge is 0.328 e. The number of hydrogen-bond acceptors (Lipinski definition) is 2.